The Bertz CT molecular complexity index is 3090. The summed E-state index contributed by atoms with van der Waals surface area (Å²) in [4.78, 5) is 18.0. The van der Waals surface area contributed by atoms with Crippen LogP contribution in [0.2, 0.25) is 0 Å². The Morgan fingerprint density at radius 2 is 0.963 bits per heavy atom. The molecule has 2 aromatic heterocycles. The average Bonchev–Trinajstić information content (AvgIpc) is 3.70. The summed E-state index contributed by atoms with van der Waals surface area (Å²) in [5, 5.41) is 12.9. The molecule has 0 unspecified atom stereocenters. The van der Waals surface area contributed by atoms with Crippen LogP contribution in [-0.2, 0) is 6.18 Å². The number of nitrogens with zero attached hydrogens (tertiary/aromatic N) is 8. The second kappa shape index (κ2) is 12.2. The highest BCUT2D eigenvalue weighted by molar-refractivity contribution is 6.13. The molecule has 0 saturated heterocycles. The van der Waals surface area contributed by atoms with E-state index in [4.69, 9.17) is 32.9 Å². The van der Waals surface area contributed by atoms with E-state index in [9.17, 15) is 18.4 Å². The zero-order valence-electron chi connectivity index (χ0n) is 27.5. The molecule has 2 heterocycles. The van der Waals surface area contributed by atoms with Crippen molar-refractivity contribution < 1.29 is 13.2 Å². The van der Waals surface area contributed by atoms with E-state index in [2.05, 4.69) is 30.3 Å². The summed E-state index contributed by atoms with van der Waals surface area (Å²) in [6.07, 6.45) is -4.78. The number of nitriles is 1. The molecule has 8 rings (SSSR count). The minimum atomic E-state index is -4.78. The molecule has 8 nitrogen and oxygen atoms in total. The lowest BCUT2D eigenvalue weighted by molar-refractivity contribution is -0.137. The summed E-state index contributed by atoms with van der Waals surface area (Å²) in [7, 11) is 0. The topological polar surface area (TPSA) is 55.4 Å². The quantitative estimate of drug-likeness (QED) is 0.169. The molecule has 6 aromatic carbocycles. The Kier molecular flexibility index (Phi) is 7.39. The number of halogens is 3. The molecule has 0 radical (unpaired) electrons. The summed E-state index contributed by atoms with van der Waals surface area (Å²) in [6.45, 7) is 39.2. The van der Waals surface area contributed by atoms with Gasteiger partial charge in [0.15, 0.2) is 28.4 Å². The largest absolute Gasteiger partial charge is 0.415 e. The average molecular weight is 703 g/mol. The van der Waals surface area contributed by atoms with Gasteiger partial charge in [0.25, 0.3) is 0 Å². The molecule has 0 N–H and O–H groups in total. The van der Waals surface area contributed by atoms with Crippen molar-refractivity contribution in [1.29, 1.82) is 5.26 Å². The molecule has 54 heavy (non-hydrogen) atoms. The normalized spacial score (nSPS) is 11.1. The first kappa shape index (κ1) is 32.8. The third kappa shape index (κ3) is 5.03. The van der Waals surface area contributed by atoms with Crippen molar-refractivity contribution in [2.45, 2.75) is 6.18 Å². The van der Waals surface area contributed by atoms with Gasteiger partial charge >= 0.3 is 6.18 Å². The Balaban J connectivity index is 1.62. The van der Waals surface area contributed by atoms with Crippen LogP contribution in [0.25, 0.3) is 90.3 Å². The van der Waals surface area contributed by atoms with Gasteiger partial charge in [-0.25, -0.2) is 24.2 Å². The Morgan fingerprint density at radius 3 is 1.41 bits per heavy atom. The van der Waals surface area contributed by atoms with Crippen LogP contribution >= 0.6 is 0 Å². The highest BCUT2D eigenvalue weighted by Crippen LogP contribution is 2.46. The van der Waals surface area contributed by atoms with E-state index in [-0.39, 0.29) is 22.5 Å². The molecule has 0 amide bonds. The zero-order valence-corrected chi connectivity index (χ0v) is 27.5. The zero-order chi connectivity index (χ0) is 37.9. The number of rotatable bonds is 3. The second-order valence-electron chi connectivity index (χ2n) is 12.3. The van der Waals surface area contributed by atoms with Crippen LogP contribution in [-0.4, -0.2) is 9.13 Å². The third-order valence-electron chi connectivity index (χ3n) is 9.38. The SMILES string of the molecule is [C-]#[N+]c1cc(-c2cc(-n3c4cc([N+]#[C-])ccc4c4ccc([N+]#[C-])cc43)c(-n3c4cc(C#N)ccc4c4ccc([N+]#[C-])cc43)cc2[N+]#[C-])cc(C(F)(F)F)c1. The molecule has 11 heteroatoms. The van der Waals surface area contributed by atoms with E-state index >= 15 is 0 Å². The van der Waals surface area contributed by atoms with Crippen molar-refractivity contribution >= 4 is 72.0 Å². The van der Waals surface area contributed by atoms with Crippen LogP contribution in [0.3, 0.4) is 0 Å². The van der Waals surface area contributed by atoms with Gasteiger partial charge in [0, 0.05) is 43.7 Å². The van der Waals surface area contributed by atoms with E-state index in [0.29, 0.717) is 56.1 Å². The van der Waals surface area contributed by atoms with Crippen LogP contribution in [0.1, 0.15) is 11.1 Å². The Labute approximate surface area is 305 Å². The first-order valence-corrected chi connectivity index (χ1v) is 16.0. The lowest BCUT2D eigenvalue weighted by Crippen LogP contribution is -2.06. The predicted octanol–water partition coefficient (Wildman–Crippen LogP) is 13.2. The van der Waals surface area contributed by atoms with Gasteiger partial charge in [0.1, 0.15) is 0 Å². The van der Waals surface area contributed by atoms with Crippen molar-refractivity contribution in [2.24, 2.45) is 0 Å². The van der Waals surface area contributed by atoms with Crippen LogP contribution in [0.4, 0.5) is 41.6 Å². The fourth-order valence-corrected chi connectivity index (χ4v) is 7.04. The van der Waals surface area contributed by atoms with Crippen LogP contribution in [0, 0.1) is 44.2 Å². The monoisotopic (exact) mass is 702 g/mol. The molecule has 0 saturated carbocycles. The minimum Gasteiger partial charge on any atom is -0.310 e. The van der Waals surface area contributed by atoms with Gasteiger partial charge in [-0.1, -0.05) is 42.5 Å². The van der Waals surface area contributed by atoms with Crippen molar-refractivity contribution in [1.82, 2.24) is 9.13 Å². The van der Waals surface area contributed by atoms with Gasteiger partial charge in [0.2, 0.25) is 0 Å². The number of hydrogen-bond donors (Lipinski definition) is 0. The maximum Gasteiger partial charge on any atom is 0.415 e. The number of fused-ring (bicyclic) bond motifs is 6. The van der Waals surface area contributed by atoms with E-state index in [1.165, 1.54) is 6.07 Å². The second-order valence-corrected chi connectivity index (χ2v) is 12.3. The first-order valence-electron chi connectivity index (χ1n) is 16.0. The molecule has 0 aliphatic rings. The van der Waals surface area contributed by atoms with E-state index in [0.717, 1.165) is 33.7 Å². The summed E-state index contributed by atoms with van der Waals surface area (Å²) < 4.78 is 46.2. The van der Waals surface area contributed by atoms with E-state index in [1.807, 2.05) is 9.13 Å². The standard InChI is InChI=1S/C43H17F3N8/c1-48-27-7-11-32-31-10-6-24(23-47)14-37(31)53(38(32)18-27)42-22-36(52-5)35(25-15-26(43(44,45)46)17-30(16-25)51-4)21-41(42)54-39-19-28(49-2)8-12-33(39)34-13-9-29(50-3)20-40(34)54/h6-22H. The summed E-state index contributed by atoms with van der Waals surface area (Å²) in [5.41, 5.74) is 3.02. The Hall–Kier alpha value is -8.35. The summed E-state index contributed by atoms with van der Waals surface area (Å²) in [5.74, 6) is 0. The van der Waals surface area contributed by atoms with Crippen molar-refractivity contribution in [3.8, 4) is 28.6 Å². The smallest absolute Gasteiger partial charge is 0.310 e. The molecule has 0 spiro atoms. The Morgan fingerprint density at radius 1 is 0.500 bits per heavy atom. The molecule has 0 atom stereocenters. The highest BCUT2D eigenvalue weighted by atomic mass is 19.4. The molecule has 0 bridgehead atoms. The van der Waals surface area contributed by atoms with E-state index in [1.54, 1.807) is 84.9 Å². The van der Waals surface area contributed by atoms with Crippen LogP contribution in [0.15, 0.2) is 103 Å². The molecule has 0 fully saturated rings. The lowest BCUT2D eigenvalue weighted by Gasteiger charge is -2.20. The number of alkyl halides is 3. The van der Waals surface area contributed by atoms with Gasteiger partial charge in [-0.05, 0) is 71.8 Å². The summed E-state index contributed by atoms with van der Waals surface area (Å²) in [6, 6.07) is 28.9. The summed E-state index contributed by atoms with van der Waals surface area (Å²) >= 11 is 0. The molecule has 250 valence electrons. The van der Waals surface area contributed by atoms with Crippen LogP contribution in [0.5, 0.6) is 0 Å². The van der Waals surface area contributed by atoms with Gasteiger partial charge in [0.05, 0.1) is 61.4 Å². The third-order valence-corrected chi connectivity index (χ3v) is 9.38. The molecular weight excluding hydrogens is 686 g/mol. The predicted molar refractivity (Wildman–Crippen MR) is 202 cm³/mol. The molecule has 0 aliphatic heterocycles. The van der Waals surface area contributed by atoms with Gasteiger partial charge in [-0.15, -0.1) is 0 Å². The maximum absolute atomic E-state index is 14.2. The fraction of sp³-hybridized carbons (Fsp3) is 0.0233. The van der Waals surface area contributed by atoms with Crippen molar-refractivity contribution in [3.63, 3.8) is 0 Å². The number of hydrogen-bond acceptors (Lipinski definition) is 1. The maximum atomic E-state index is 14.2. The van der Waals surface area contributed by atoms with E-state index < -0.39 is 11.7 Å². The highest BCUT2D eigenvalue weighted by Gasteiger charge is 2.32. The van der Waals surface area contributed by atoms with Gasteiger partial charge < -0.3 is 9.13 Å². The molecule has 0 aliphatic carbocycles. The minimum absolute atomic E-state index is 0.0108. The van der Waals surface area contributed by atoms with Gasteiger partial charge in [-0.3, -0.25) is 0 Å². The number of aromatic nitrogens is 2. The van der Waals surface area contributed by atoms with Crippen molar-refractivity contribution in [2.75, 3.05) is 0 Å². The lowest BCUT2D eigenvalue weighted by atomic mass is 9.98. The van der Waals surface area contributed by atoms with Crippen LogP contribution < -0.4 is 0 Å². The van der Waals surface area contributed by atoms with Gasteiger partial charge in [-0.2, -0.15) is 18.4 Å². The number of benzene rings is 6. The first-order chi connectivity index (χ1) is 26.1. The fourth-order valence-electron chi connectivity index (χ4n) is 7.04. The molecular formula is C43H17F3N8. The molecule has 8 aromatic rings. The van der Waals surface area contributed by atoms with Crippen molar-refractivity contribution in [3.05, 3.63) is 171 Å².